The summed E-state index contributed by atoms with van der Waals surface area (Å²) in [6.45, 7) is 13.7. The molecule has 0 aliphatic heterocycles. The van der Waals surface area contributed by atoms with Crippen molar-refractivity contribution < 1.29 is 0 Å². The van der Waals surface area contributed by atoms with E-state index in [1.165, 1.54) is 132 Å². The maximum atomic E-state index is 2.61. The van der Waals surface area contributed by atoms with Crippen LogP contribution in [0.2, 0.25) is 0 Å². The molecule has 3 heteroatoms. The highest BCUT2D eigenvalue weighted by Gasteiger charge is 2.25. The van der Waals surface area contributed by atoms with Crippen LogP contribution in [0.25, 0.3) is 99.0 Å². The lowest BCUT2D eigenvalue weighted by Gasteiger charge is -2.28. The zero-order valence-electron chi connectivity index (χ0n) is 44.0. The summed E-state index contributed by atoms with van der Waals surface area (Å²) >= 11 is 0. The Morgan fingerprint density at radius 1 is 0.360 bits per heavy atom. The van der Waals surface area contributed by atoms with Gasteiger partial charge in [-0.2, -0.15) is 0 Å². The van der Waals surface area contributed by atoms with Gasteiger partial charge in [-0.15, -0.1) is 0 Å². The van der Waals surface area contributed by atoms with Crippen LogP contribution in [-0.4, -0.2) is 13.7 Å². The fourth-order valence-electron chi connectivity index (χ4n) is 12.9. The molecule has 0 N–H and O–H groups in total. The number of nitrogens with zero attached hydrogens (tertiary/aromatic N) is 3. The summed E-state index contributed by atoms with van der Waals surface area (Å²) in [6.07, 6.45) is 3.16. The Hall–Kier alpha value is -8.40. The van der Waals surface area contributed by atoms with E-state index in [0.29, 0.717) is 11.8 Å². The van der Waals surface area contributed by atoms with Crippen molar-refractivity contribution in [2.45, 2.75) is 78.7 Å². The fourth-order valence-corrected chi connectivity index (χ4v) is 12.9. The highest BCUT2D eigenvalue weighted by Crippen LogP contribution is 2.43. The van der Waals surface area contributed by atoms with Crippen molar-refractivity contribution >= 4 is 65.4 Å². The van der Waals surface area contributed by atoms with Gasteiger partial charge < -0.3 is 13.7 Å². The molecule has 3 aromatic heterocycles. The lowest BCUT2D eigenvalue weighted by Crippen LogP contribution is -2.13. The standard InChI is InChI=1S/C72H63N3/c1-7-51(52-26-28-53(29-27-52)54-34-36-58(37-35-54)74-70-38-24-46(2)40-64(70)65-41-47(3)25-39-71(65)74)45-57(44-50(6)73-66-20-12-8-16-59(66)60-17-9-13-21-67(60)73)55-30-32-56(33-31-55)63-42-49(5)72(43-48(63)4)75-68-22-14-10-18-61(68)62-19-11-15-23-69(62)75/h8-43,50-51,57H,7,44-45H2,1-6H3. The Morgan fingerprint density at radius 3 is 1.32 bits per heavy atom. The minimum Gasteiger partial charge on any atom is -0.338 e. The van der Waals surface area contributed by atoms with Crippen LogP contribution in [0.15, 0.2) is 218 Å². The number of para-hydroxylation sites is 4. The Morgan fingerprint density at radius 2 is 0.800 bits per heavy atom. The third kappa shape index (κ3) is 8.05. The lowest BCUT2D eigenvalue weighted by molar-refractivity contribution is 0.422. The van der Waals surface area contributed by atoms with Crippen LogP contribution in [0, 0.1) is 27.7 Å². The lowest BCUT2D eigenvalue weighted by atomic mass is 9.80. The second kappa shape index (κ2) is 18.8. The SMILES string of the molecule is CCC(CC(CC(C)n1c2ccccc2c2ccccc21)c1ccc(-c2cc(C)c(-n3c4ccccc4c4ccccc43)cc2C)cc1)c1ccc(-c2ccc(-n3c4ccc(C)cc4c4cc(C)ccc43)cc2)cc1. The summed E-state index contributed by atoms with van der Waals surface area (Å²) in [5.74, 6) is 0.734. The predicted molar refractivity (Wildman–Crippen MR) is 321 cm³/mol. The Kier molecular flexibility index (Phi) is 11.6. The summed E-state index contributed by atoms with van der Waals surface area (Å²) in [7, 11) is 0. The van der Waals surface area contributed by atoms with Gasteiger partial charge in [-0.3, -0.25) is 0 Å². The van der Waals surface area contributed by atoms with Gasteiger partial charge in [0.1, 0.15) is 0 Å². The van der Waals surface area contributed by atoms with E-state index >= 15 is 0 Å². The van der Waals surface area contributed by atoms with Crippen LogP contribution < -0.4 is 0 Å². The van der Waals surface area contributed by atoms with Gasteiger partial charge in [-0.1, -0.05) is 164 Å². The minimum atomic E-state index is 0.274. The van der Waals surface area contributed by atoms with Crippen molar-refractivity contribution in [2.24, 2.45) is 0 Å². The second-order valence-electron chi connectivity index (χ2n) is 21.5. The quantitative estimate of drug-likeness (QED) is 0.116. The van der Waals surface area contributed by atoms with Crippen molar-refractivity contribution in [2.75, 3.05) is 0 Å². The fraction of sp³-hybridized carbons (Fsp3) is 0.167. The van der Waals surface area contributed by atoms with Crippen molar-refractivity contribution in [1.29, 1.82) is 0 Å². The van der Waals surface area contributed by atoms with Gasteiger partial charge >= 0.3 is 0 Å². The molecule has 3 unspecified atom stereocenters. The van der Waals surface area contributed by atoms with Gasteiger partial charge in [0.15, 0.2) is 0 Å². The van der Waals surface area contributed by atoms with Gasteiger partial charge in [0.05, 0.1) is 22.1 Å². The molecule has 366 valence electrons. The molecule has 3 heterocycles. The first-order valence-electron chi connectivity index (χ1n) is 27.1. The molecule has 0 aliphatic rings. The molecule has 0 fully saturated rings. The number of aryl methyl sites for hydroxylation is 4. The molecule has 0 saturated heterocycles. The summed E-state index contributed by atoms with van der Waals surface area (Å²) in [4.78, 5) is 0. The molecule has 3 atom stereocenters. The van der Waals surface area contributed by atoms with E-state index < -0.39 is 0 Å². The van der Waals surface area contributed by atoms with E-state index in [4.69, 9.17) is 0 Å². The molecule has 3 nitrogen and oxygen atoms in total. The normalized spacial score (nSPS) is 13.2. The maximum Gasteiger partial charge on any atom is 0.0541 e. The monoisotopic (exact) mass is 970 g/mol. The summed E-state index contributed by atoms with van der Waals surface area (Å²) in [6, 6.07) is 82.6. The molecule has 0 amide bonds. The van der Waals surface area contributed by atoms with Crippen LogP contribution in [0.1, 0.15) is 84.4 Å². The van der Waals surface area contributed by atoms with Crippen LogP contribution in [0.3, 0.4) is 0 Å². The van der Waals surface area contributed by atoms with E-state index in [9.17, 15) is 0 Å². The molecule has 0 aliphatic carbocycles. The van der Waals surface area contributed by atoms with E-state index in [1.54, 1.807) is 0 Å². The molecule has 0 bridgehead atoms. The molecule has 10 aromatic carbocycles. The van der Waals surface area contributed by atoms with Crippen molar-refractivity contribution in [1.82, 2.24) is 13.7 Å². The number of aromatic nitrogens is 3. The first kappa shape index (κ1) is 46.4. The van der Waals surface area contributed by atoms with Gasteiger partial charge in [0.2, 0.25) is 0 Å². The average Bonchev–Trinajstić information content (AvgIpc) is 4.12. The largest absolute Gasteiger partial charge is 0.338 e. The molecule has 75 heavy (non-hydrogen) atoms. The highest BCUT2D eigenvalue weighted by molar-refractivity contribution is 6.11. The molecular formula is C72H63N3. The maximum absolute atomic E-state index is 2.61. The van der Waals surface area contributed by atoms with Crippen molar-refractivity contribution in [3.8, 4) is 33.6 Å². The number of hydrogen-bond donors (Lipinski definition) is 0. The summed E-state index contributed by atoms with van der Waals surface area (Å²) in [5, 5.41) is 7.85. The van der Waals surface area contributed by atoms with Crippen LogP contribution >= 0.6 is 0 Å². The Labute approximate surface area is 441 Å². The molecule has 0 radical (unpaired) electrons. The van der Waals surface area contributed by atoms with Gasteiger partial charge in [-0.05, 0) is 183 Å². The minimum absolute atomic E-state index is 0.274. The summed E-state index contributed by atoms with van der Waals surface area (Å²) in [5.41, 5.74) is 23.0. The third-order valence-electron chi connectivity index (χ3n) is 16.7. The van der Waals surface area contributed by atoms with Gasteiger partial charge in [0.25, 0.3) is 0 Å². The number of fused-ring (bicyclic) bond motifs is 9. The molecule has 0 spiro atoms. The van der Waals surface area contributed by atoms with Gasteiger partial charge in [0, 0.05) is 60.8 Å². The molecule has 0 saturated carbocycles. The number of rotatable bonds is 12. The first-order chi connectivity index (χ1) is 36.7. The number of hydrogen-bond acceptors (Lipinski definition) is 0. The first-order valence-corrected chi connectivity index (χ1v) is 27.1. The second-order valence-corrected chi connectivity index (χ2v) is 21.5. The predicted octanol–water partition coefficient (Wildman–Crippen LogP) is 19.9. The van der Waals surface area contributed by atoms with Crippen molar-refractivity contribution in [3.63, 3.8) is 0 Å². The third-order valence-corrected chi connectivity index (χ3v) is 16.7. The van der Waals surface area contributed by atoms with E-state index in [1.807, 2.05) is 0 Å². The smallest absolute Gasteiger partial charge is 0.0541 e. The van der Waals surface area contributed by atoms with E-state index in [2.05, 4.69) is 274 Å². The van der Waals surface area contributed by atoms with Crippen molar-refractivity contribution in [3.05, 3.63) is 252 Å². The zero-order chi connectivity index (χ0) is 50.9. The molecular weight excluding hydrogens is 907 g/mol. The Bertz CT molecular complexity index is 4110. The topological polar surface area (TPSA) is 14.8 Å². The average molecular weight is 970 g/mol. The van der Waals surface area contributed by atoms with Crippen LogP contribution in [0.5, 0.6) is 0 Å². The summed E-state index contributed by atoms with van der Waals surface area (Å²) < 4.78 is 7.48. The van der Waals surface area contributed by atoms with Gasteiger partial charge in [-0.25, -0.2) is 0 Å². The Balaban J connectivity index is 0.816. The highest BCUT2D eigenvalue weighted by atomic mass is 15.0. The van der Waals surface area contributed by atoms with Crippen LogP contribution in [-0.2, 0) is 0 Å². The zero-order valence-corrected chi connectivity index (χ0v) is 44.0. The van der Waals surface area contributed by atoms with Crippen LogP contribution in [0.4, 0.5) is 0 Å². The van der Waals surface area contributed by atoms with E-state index in [0.717, 1.165) is 19.3 Å². The van der Waals surface area contributed by atoms with E-state index in [-0.39, 0.29) is 6.04 Å². The number of benzene rings is 10. The molecule has 13 aromatic rings. The molecule has 13 rings (SSSR count).